The van der Waals surface area contributed by atoms with Crippen LogP contribution < -0.4 is 0 Å². The van der Waals surface area contributed by atoms with Crippen molar-refractivity contribution < 1.29 is 0 Å². The molecular weight excluding hydrogens is 230 g/mol. The Morgan fingerprint density at radius 3 is 2.53 bits per heavy atom. The molecule has 1 heteroatoms. The van der Waals surface area contributed by atoms with Crippen LogP contribution in [0.25, 0.3) is 22.2 Å². The second-order valence-electron chi connectivity index (χ2n) is 5.14. The summed E-state index contributed by atoms with van der Waals surface area (Å²) in [5.41, 5.74) is 6.58. The van der Waals surface area contributed by atoms with E-state index in [4.69, 9.17) is 0 Å². The number of hydrogen-bond acceptors (Lipinski definition) is 0. The van der Waals surface area contributed by atoms with E-state index in [0.717, 1.165) is 6.42 Å². The lowest BCUT2D eigenvalue weighted by atomic mass is 10.0. The van der Waals surface area contributed by atoms with E-state index in [1.54, 1.807) is 0 Å². The maximum absolute atomic E-state index is 3.59. The van der Waals surface area contributed by atoms with E-state index < -0.39 is 0 Å². The van der Waals surface area contributed by atoms with Gasteiger partial charge in [-0.15, -0.1) is 0 Å². The van der Waals surface area contributed by atoms with Crippen LogP contribution in [0.2, 0.25) is 0 Å². The third-order valence-corrected chi connectivity index (χ3v) is 3.62. The van der Waals surface area contributed by atoms with Crippen LogP contribution in [-0.2, 0) is 6.42 Å². The summed E-state index contributed by atoms with van der Waals surface area (Å²) in [7, 11) is 0. The smallest absolute Gasteiger partial charge is 0.0497 e. The fraction of sp³-hybridized carbons (Fsp3) is 0.222. The van der Waals surface area contributed by atoms with Crippen LogP contribution in [0.1, 0.15) is 24.5 Å². The molecule has 0 amide bonds. The van der Waals surface area contributed by atoms with Crippen LogP contribution in [0, 0.1) is 6.92 Å². The normalized spacial score (nSPS) is 11.1. The highest BCUT2D eigenvalue weighted by Crippen LogP contribution is 2.31. The molecular formula is C18H19N. The maximum atomic E-state index is 3.59. The number of fused-ring (bicyclic) bond motifs is 1. The molecule has 1 heterocycles. The minimum Gasteiger partial charge on any atom is -0.354 e. The lowest BCUT2D eigenvalue weighted by molar-refractivity contribution is 0.930. The molecule has 0 spiro atoms. The fourth-order valence-corrected chi connectivity index (χ4v) is 2.72. The van der Waals surface area contributed by atoms with Crippen LogP contribution in [-0.4, -0.2) is 4.98 Å². The number of nitrogens with one attached hydrogen (secondary N) is 1. The summed E-state index contributed by atoms with van der Waals surface area (Å²) in [6.45, 7) is 4.40. The van der Waals surface area contributed by atoms with E-state index in [2.05, 4.69) is 67.4 Å². The van der Waals surface area contributed by atoms with Gasteiger partial charge in [0.2, 0.25) is 0 Å². The van der Waals surface area contributed by atoms with Crippen molar-refractivity contribution in [3.8, 4) is 11.3 Å². The Hall–Kier alpha value is -2.02. The van der Waals surface area contributed by atoms with Crippen molar-refractivity contribution >= 4 is 10.9 Å². The molecule has 0 aliphatic rings. The molecule has 1 N–H and O–H groups in total. The number of aryl methyl sites for hydroxylation is 2. The predicted molar refractivity (Wildman–Crippen MR) is 82.5 cm³/mol. The van der Waals surface area contributed by atoms with Gasteiger partial charge in [0.25, 0.3) is 0 Å². The van der Waals surface area contributed by atoms with Crippen molar-refractivity contribution in [1.29, 1.82) is 0 Å². The summed E-state index contributed by atoms with van der Waals surface area (Å²) < 4.78 is 0. The monoisotopic (exact) mass is 249 g/mol. The van der Waals surface area contributed by atoms with Crippen LogP contribution in [0.5, 0.6) is 0 Å². The average molecular weight is 249 g/mol. The van der Waals surface area contributed by atoms with Crippen molar-refractivity contribution in [3.05, 3.63) is 59.7 Å². The second-order valence-corrected chi connectivity index (χ2v) is 5.14. The molecule has 0 radical (unpaired) electrons. The van der Waals surface area contributed by atoms with Gasteiger partial charge in [0.1, 0.15) is 0 Å². The molecule has 96 valence electrons. The number of aromatic nitrogens is 1. The topological polar surface area (TPSA) is 15.8 Å². The molecule has 19 heavy (non-hydrogen) atoms. The second kappa shape index (κ2) is 4.93. The molecule has 0 unspecified atom stereocenters. The van der Waals surface area contributed by atoms with Gasteiger partial charge in [0, 0.05) is 16.6 Å². The van der Waals surface area contributed by atoms with Crippen molar-refractivity contribution in [3.63, 3.8) is 0 Å². The predicted octanol–water partition coefficient (Wildman–Crippen LogP) is 5.10. The summed E-state index contributed by atoms with van der Waals surface area (Å²) in [6, 6.07) is 17.3. The molecule has 0 atom stereocenters. The molecule has 0 bridgehead atoms. The zero-order chi connectivity index (χ0) is 13.2. The van der Waals surface area contributed by atoms with Crippen LogP contribution >= 0.6 is 0 Å². The molecule has 3 rings (SSSR count). The van der Waals surface area contributed by atoms with E-state index in [9.17, 15) is 0 Å². The lowest BCUT2D eigenvalue weighted by Crippen LogP contribution is -1.86. The fourth-order valence-electron chi connectivity index (χ4n) is 2.72. The highest BCUT2D eigenvalue weighted by atomic mass is 14.7. The Morgan fingerprint density at radius 1 is 1.00 bits per heavy atom. The molecule has 0 aliphatic carbocycles. The van der Waals surface area contributed by atoms with Gasteiger partial charge >= 0.3 is 0 Å². The van der Waals surface area contributed by atoms with E-state index in [-0.39, 0.29) is 0 Å². The lowest BCUT2D eigenvalue weighted by Gasteiger charge is -2.03. The molecule has 0 saturated carbocycles. The van der Waals surface area contributed by atoms with Gasteiger partial charge in [-0.05, 0) is 36.6 Å². The molecule has 0 aliphatic heterocycles. The van der Waals surface area contributed by atoms with Gasteiger partial charge in [-0.2, -0.15) is 0 Å². The Labute approximate surface area is 114 Å². The first-order valence-corrected chi connectivity index (χ1v) is 6.96. The molecule has 0 saturated heterocycles. The Kier molecular flexibility index (Phi) is 3.12. The van der Waals surface area contributed by atoms with Gasteiger partial charge in [-0.25, -0.2) is 0 Å². The first-order chi connectivity index (χ1) is 9.29. The number of rotatable bonds is 3. The maximum Gasteiger partial charge on any atom is 0.0497 e. The number of H-pyrrole nitrogens is 1. The third-order valence-electron chi connectivity index (χ3n) is 3.62. The molecule has 3 aromatic rings. The van der Waals surface area contributed by atoms with E-state index in [0.29, 0.717) is 0 Å². The molecule has 0 fully saturated rings. The SMILES string of the molecule is CCCc1c(-c2ccccc2)[nH]c2ccc(C)cc12. The Morgan fingerprint density at radius 2 is 1.79 bits per heavy atom. The standard InChI is InChI=1S/C18H19N/c1-3-7-15-16-12-13(2)10-11-17(16)19-18(15)14-8-5-4-6-9-14/h4-6,8-12,19H,3,7H2,1-2H3. The van der Waals surface area contributed by atoms with E-state index in [1.807, 2.05) is 0 Å². The quantitative estimate of drug-likeness (QED) is 0.665. The van der Waals surface area contributed by atoms with Crippen LogP contribution in [0.3, 0.4) is 0 Å². The highest BCUT2D eigenvalue weighted by molar-refractivity contribution is 5.91. The summed E-state index contributed by atoms with van der Waals surface area (Å²) in [4.78, 5) is 3.59. The van der Waals surface area contributed by atoms with Gasteiger partial charge in [-0.3, -0.25) is 0 Å². The first-order valence-electron chi connectivity index (χ1n) is 6.96. The van der Waals surface area contributed by atoms with Crippen LogP contribution in [0.4, 0.5) is 0 Å². The zero-order valence-corrected chi connectivity index (χ0v) is 11.5. The Bertz CT molecular complexity index is 692. The van der Waals surface area contributed by atoms with Crippen molar-refractivity contribution in [1.82, 2.24) is 4.98 Å². The number of benzene rings is 2. The first kappa shape index (κ1) is 12.0. The van der Waals surface area contributed by atoms with E-state index >= 15 is 0 Å². The van der Waals surface area contributed by atoms with Crippen molar-refractivity contribution in [2.24, 2.45) is 0 Å². The summed E-state index contributed by atoms with van der Waals surface area (Å²) in [6.07, 6.45) is 2.29. The largest absolute Gasteiger partial charge is 0.354 e. The van der Waals surface area contributed by atoms with Gasteiger partial charge in [-0.1, -0.05) is 55.3 Å². The summed E-state index contributed by atoms with van der Waals surface area (Å²) >= 11 is 0. The molecule has 2 aromatic carbocycles. The van der Waals surface area contributed by atoms with Gasteiger partial charge < -0.3 is 4.98 Å². The minimum atomic E-state index is 1.12. The highest BCUT2D eigenvalue weighted by Gasteiger charge is 2.12. The number of hydrogen-bond donors (Lipinski definition) is 1. The zero-order valence-electron chi connectivity index (χ0n) is 11.5. The summed E-state index contributed by atoms with van der Waals surface area (Å²) in [5.74, 6) is 0. The molecule has 1 nitrogen and oxygen atoms in total. The number of aromatic amines is 1. The van der Waals surface area contributed by atoms with E-state index in [1.165, 1.54) is 39.7 Å². The molecule has 1 aromatic heterocycles. The third kappa shape index (κ3) is 2.17. The Balaban J connectivity index is 2.26. The minimum absolute atomic E-state index is 1.12. The van der Waals surface area contributed by atoms with Crippen LogP contribution in [0.15, 0.2) is 48.5 Å². The van der Waals surface area contributed by atoms with Crippen molar-refractivity contribution in [2.75, 3.05) is 0 Å². The van der Waals surface area contributed by atoms with Gasteiger partial charge in [0.05, 0.1) is 0 Å². The summed E-state index contributed by atoms with van der Waals surface area (Å²) in [5, 5.41) is 1.38. The average Bonchev–Trinajstić information content (AvgIpc) is 2.79. The van der Waals surface area contributed by atoms with Crippen molar-refractivity contribution in [2.45, 2.75) is 26.7 Å². The van der Waals surface area contributed by atoms with Gasteiger partial charge in [0.15, 0.2) is 0 Å².